The highest BCUT2D eigenvalue weighted by Crippen LogP contribution is 2.26. The summed E-state index contributed by atoms with van der Waals surface area (Å²) in [7, 11) is -3.91. The molecule has 0 radical (unpaired) electrons. The number of nitrogens with one attached hydrogen (secondary N) is 2. The lowest BCUT2D eigenvalue weighted by Gasteiger charge is -2.32. The normalized spacial score (nSPS) is 14.9. The molecule has 178 valence electrons. The third kappa shape index (κ3) is 6.06. The minimum Gasteiger partial charge on any atom is -0.354 e. The van der Waals surface area contributed by atoms with Crippen LogP contribution in [-0.4, -0.2) is 44.3 Å². The van der Waals surface area contributed by atoms with E-state index in [4.69, 9.17) is 11.6 Å². The Morgan fingerprint density at radius 1 is 1.03 bits per heavy atom. The van der Waals surface area contributed by atoms with Gasteiger partial charge in [-0.1, -0.05) is 17.7 Å². The van der Waals surface area contributed by atoms with Gasteiger partial charge in [0.2, 0.25) is 5.91 Å². The van der Waals surface area contributed by atoms with Crippen LogP contribution in [0.15, 0.2) is 41.3 Å². The van der Waals surface area contributed by atoms with Gasteiger partial charge < -0.3 is 10.2 Å². The summed E-state index contributed by atoms with van der Waals surface area (Å²) in [5, 5.41) is 3.10. The Morgan fingerprint density at radius 3 is 2.30 bits per heavy atom. The van der Waals surface area contributed by atoms with Crippen molar-refractivity contribution >= 4 is 39.1 Å². The van der Waals surface area contributed by atoms with Crippen LogP contribution < -0.4 is 10.0 Å². The minimum absolute atomic E-state index is 0.000592. The van der Waals surface area contributed by atoms with Gasteiger partial charge in [0.15, 0.2) is 0 Å². The SMILES string of the molecule is Cc1ccc(NS(=O)(=O)c2ccc(Cl)c(C(=O)N3CCC(C(=O)NC(C)C)CC3)c2)cc1C. The third-order valence-electron chi connectivity index (χ3n) is 5.82. The molecule has 9 heteroatoms. The molecular weight excluding hydrogens is 462 g/mol. The topological polar surface area (TPSA) is 95.6 Å². The van der Waals surface area contributed by atoms with Crippen LogP contribution in [0.2, 0.25) is 5.02 Å². The van der Waals surface area contributed by atoms with E-state index in [0.717, 1.165) is 11.1 Å². The quantitative estimate of drug-likeness (QED) is 0.635. The van der Waals surface area contributed by atoms with Gasteiger partial charge in [-0.05, 0) is 82.0 Å². The standard InChI is InChI=1S/C24H30ClN3O4S/c1-15(2)26-23(29)18-9-11-28(12-10-18)24(30)21-14-20(7-8-22(21)25)33(31,32)27-19-6-5-16(3)17(4)13-19/h5-8,13-15,18,27H,9-12H2,1-4H3,(H,26,29). The molecule has 0 atom stereocenters. The maximum Gasteiger partial charge on any atom is 0.261 e. The summed E-state index contributed by atoms with van der Waals surface area (Å²) >= 11 is 6.27. The first-order valence-electron chi connectivity index (χ1n) is 11.0. The summed E-state index contributed by atoms with van der Waals surface area (Å²) in [5.74, 6) is -0.479. The predicted molar refractivity (Wildman–Crippen MR) is 130 cm³/mol. The Bertz CT molecular complexity index is 1160. The largest absolute Gasteiger partial charge is 0.354 e. The molecule has 3 rings (SSSR count). The monoisotopic (exact) mass is 491 g/mol. The number of anilines is 1. The molecular formula is C24H30ClN3O4S. The number of hydrogen-bond donors (Lipinski definition) is 2. The predicted octanol–water partition coefficient (Wildman–Crippen LogP) is 4.13. The molecule has 1 aliphatic heterocycles. The van der Waals surface area contributed by atoms with Crippen LogP contribution >= 0.6 is 11.6 Å². The van der Waals surface area contributed by atoms with E-state index >= 15 is 0 Å². The molecule has 33 heavy (non-hydrogen) atoms. The van der Waals surface area contributed by atoms with Gasteiger partial charge in [0.25, 0.3) is 15.9 Å². The van der Waals surface area contributed by atoms with Crippen molar-refractivity contribution in [3.63, 3.8) is 0 Å². The summed E-state index contributed by atoms with van der Waals surface area (Å²) in [6, 6.07) is 9.48. The number of benzene rings is 2. The third-order valence-corrected chi connectivity index (χ3v) is 7.53. The second-order valence-electron chi connectivity index (χ2n) is 8.78. The second-order valence-corrected chi connectivity index (χ2v) is 10.9. The van der Waals surface area contributed by atoms with Crippen molar-refractivity contribution in [1.82, 2.24) is 10.2 Å². The molecule has 0 bridgehead atoms. The van der Waals surface area contributed by atoms with Gasteiger partial charge in [0, 0.05) is 30.7 Å². The molecule has 1 aliphatic rings. The molecule has 1 heterocycles. The van der Waals surface area contributed by atoms with Crippen molar-refractivity contribution in [3.05, 3.63) is 58.1 Å². The zero-order valence-corrected chi connectivity index (χ0v) is 20.9. The number of likely N-dealkylation sites (tertiary alicyclic amines) is 1. The first-order chi connectivity index (χ1) is 15.5. The Labute approximate surface area is 200 Å². The fourth-order valence-electron chi connectivity index (χ4n) is 3.77. The van der Waals surface area contributed by atoms with Gasteiger partial charge in [0.1, 0.15) is 0 Å². The van der Waals surface area contributed by atoms with Crippen molar-refractivity contribution in [2.24, 2.45) is 5.92 Å². The fourth-order valence-corrected chi connectivity index (χ4v) is 5.05. The van der Waals surface area contributed by atoms with E-state index in [1.54, 1.807) is 17.0 Å². The summed E-state index contributed by atoms with van der Waals surface area (Å²) < 4.78 is 28.4. The molecule has 2 aromatic carbocycles. The van der Waals surface area contributed by atoms with Crippen LogP contribution in [0.4, 0.5) is 5.69 Å². The van der Waals surface area contributed by atoms with Crippen LogP contribution in [0.3, 0.4) is 0 Å². The number of nitrogens with zero attached hydrogens (tertiary/aromatic N) is 1. The van der Waals surface area contributed by atoms with Gasteiger partial charge in [0.05, 0.1) is 15.5 Å². The van der Waals surface area contributed by atoms with Crippen molar-refractivity contribution in [3.8, 4) is 0 Å². The maximum absolute atomic E-state index is 13.1. The number of hydrogen-bond acceptors (Lipinski definition) is 4. The van der Waals surface area contributed by atoms with Gasteiger partial charge in [-0.25, -0.2) is 8.42 Å². The lowest BCUT2D eigenvalue weighted by Crippen LogP contribution is -2.44. The van der Waals surface area contributed by atoms with E-state index < -0.39 is 10.0 Å². The molecule has 0 spiro atoms. The minimum atomic E-state index is -3.91. The number of rotatable bonds is 6. The van der Waals surface area contributed by atoms with E-state index in [1.165, 1.54) is 18.2 Å². The van der Waals surface area contributed by atoms with Crippen molar-refractivity contribution in [2.45, 2.75) is 51.5 Å². The van der Waals surface area contributed by atoms with Crippen LogP contribution in [0.5, 0.6) is 0 Å². The molecule has 0 saturated carbocycles. The maximum atomic E-state index is 13.1. The van der Waals surface area contributed by atoms with Gasteiger partial charge in [-0.15, -0.1) is 0 Å². The average Bonchev–Trinajstić information content (AvgIpc) is 2.75. The number of carbonyl (C=O) groups is 2. The molecule has 0 aromatic heterocycles. The Hall–Kier alpha value is -2.58. The Balaban J connectivity index is 1.75. The van der Waals surface area contributed by atoms with Crippen LogP contribution in [-0.2, 0) is 14.8 Å². The smallest absolute Gasteiger partial charge is 0.261 e. The van der Waals surface area contributed by atoms with Crippen LogP contribution in [0, 0.1) is 19.8 Å². The molecule has 2 N–H and O–H groups in total. The van der Waals surface area contributed by atoms with Crippen molar-refractivity contribution < 1.29 is 18.0 Å². The van der Waals surface area contributed by atoms with E-state index in [0.29, 0.717) is 31.6 Å². The number of carbonyl (C=O) groups excluding carboxylic acids is 2. The molecule has 7 nitrogen and oxygen atoms in total. The number of piperidine rings is 1. The molecule has 1 fully saturated rings. The first kappa shape index (κ1) is 25.1. The van der Waals surface area contributed by atoms with Crippen molar-refractivity contribution in [1.29, 1.82) is 0 Å². The molecule has 2 aromatic rings. The first-order valence-corrected chi connectivity index (χ1v) is 12.8. The lowest BCUT2D eigenvalue weighted by atomic mass is 9.95. The van der Waals surface area contributed by atoms with Gasteiger partial charge in [-0.3, -0.25) is 14.3 Å². The zero-order valence-electron chi connectivity index (χ0n) is 19.3. The number of halogens is 1. The van der Waals surface area contributed by atoms with E-state index in [9.17, 15) is 18.0 Å². The lowest BCUT2D eigenvalue weighted by molar-refractivity contribution is -0.126. The summed E-state index contributed by atoms with van der Waals surface area (Å²) in [5.41, 5.74) is 2.60. The van der Waals surface area contributed by atoms with E-state index in [-0.39, 0.29) is 39.3 Å². The molecule has 1 saturated heterocycles. The summed E-state index contributed by atoms with van der Waals surface area (Å²) in [6.45, 7) is 8.49. The second kappa shape index (κ2) is 10.1. The van der Waals surface area contributed by atoms with E-state index in [2.05, 4.69) is 10.0 Å². The van der Waals surface area contributed by atoms with E-state index in [1.807, 2.05) is 33.8 Å². The fraction of sp³-hybridized carbons (Fsp3) is 0.417. The van der Waals surface area contributed by atoms with Crippen LogP contribution in [0.1, 0.15) is 48.2 Å². The highest BCUT2D eigenvalue weighted by Gasteiger charge is 2.29. The number of sulfonamides is 1. The summed E-state index contributed by atoms with van der Waals surface area (Å²) in [6.07, 6.45) is 1.10. The highest BCUT2D eigenvalue weighted by molar-refractivity contribution is 7.92. The highest BCUT2D eigenvalue weighted by atomic mass is 35.5. The van der Waals surface area contributed by atoms with Gasteiger partial charge in [-0.2, -0.15) is 0 Å². The Kier molecular flexibility index (Phi) is 7.69. The summed E-state index contributed by atoms with van der Waals surface area (Å²) in [4.78, 5) is 26.9. The molecule has 0 unspecified atom stereocenters. The number of aryl methyl sites for hydroxylation is 2. The van der Waals surface area contributed by atoms with Crippen molar-refractivity contribution in [2.75, 3.05) is 17.8 Å². The van der Waals surface area contributed by atoms with Gasteiger partial charge >= 0.3 is 0 Å². The molecule has 0 aliphatic carbocycles. The zero-order chi connectivity index (χ0) is 24.3. The number of amides is 2. The molecule has 2 amide bonds. The Morgan fingerprint density at radius 2 is 1.70 bits per heavy atom. The average molecular weight is 492 g/mol. The van der Waals surface area contributed by atoms with Crippen LogP contribution in [0.25, 0.3) is 0 Å².